The largest absolute Gasteiger partial charge is 0.422 e. The molecule has 0 amide bonds. The summed E-state index contributed by atoms with van der Waals surface area (Å²) in [5.74, 6) is 0.209. The lowest BCUT2D eigenvalue weighted by Gasteiger charge is -2.05. The molecule has 0 saturated heterocycles. The molecule has 19 heavy (non-hydrogen) atoms. The number of sulfone groups is 1. The smallest absolute Gasteiger partial charge is 0.352 e. The average molecular weight is 408 g/mol. The quantitative estimate of drug-likeness (QED) is 0.766. The molecule has 1 aromatic heterocycles. The van der Waals surface area contributed by atoms with Crippen LogP contribution in [0, 0.1) is 0 Å². The fourth-order valence-corrected chi connectivity index (χ4v) is 3.56. The van der Waals surface area contributed by atoms with Gasteiger partial charge in [0.05, 0.1) is 4.90 Å². The summed E-state index contributed by atoms with van der Waals surface area (Å²) in [6, 6.07) is 8.34. The Kier molecular flexibility index (Phi) is 3.98. The number of benzene rings is 1. The molecule has 0 spiro atoms. The highest BCUT2D eigenvalue weighted by atomic mass is 79.9. The first-order chi connectivity index (χ1) is 8.79. The van der Waals surface area contributed by atoms with Crippen molar-refractivity contribution in [2.75, 3.05) is 6.26 Å². The van der Waals surface area contributed by atoms with E-state index in [1.54, 1.807) is 24.3 Å². The molecule has 4 nitrogen and oxygen atoms in total. The molecular formula is C12H8Br2O4S. The Morgan fingerprint density at radius 2 is 1.68 bits per heavy atom. The molecule has 0 aliphatic heterocycles. The van der Waals surface area contributed by atoms with Crippen LogP contribution >= 0.6 is 31.9 Å². The summed E-state index contributed by atoms with van der Waals surface area (Å²) in [6.07, 6.45) is 1.04. The molecular weight excluding hydrogens is 400 g/mol. The monoisotopic (exact) mass is 406 g/mol. The van der Waals surface area contributed by atoms with Crippen molar-refractivity contribution in [3.05, 3.63) is 49.7 Å². The minimum absolute atomic E-state index is 0.0818. The van der Waals surface area contributed by atoms with Crippen molar-refractivity contribution < 1.29 is 12.8 Å². The highest BCUT2D eigenvalue weighted by Gasteiger charge is 2.18. The third-order valence-corrected chi connectivity index (χ3v) is 5.05. The predicted octanol–water partition coefficient (Wildman–Crippen LogP) is 3.24. The van der Waals surface area contributed by atoms with Crippen molar-refractivity contribution in [2.24, 2.45) is 0 Å². The van der Waals surface area contributed by atoms with Crippen LogP contribution < -0.4 is 5.63 Å². The number of hydrogen-bond acceptors (Lipinski definition) is 4. The topological polar surface area (TPSA) is 64.3 Å². The molecule has 0 N–H and O–H groups in total. The maximum absolute atomic E-state index is 11.7. The van der Waals surface area contributed by atoms with Crippen LogP contribution in [0.1, 0.15) is 0 Å². The van der Waals surface area contributed by atoms with Crippen molar-refractivity contribution in [3.63, 3.8) is 0 Å². The molecule has 7 heteroatoms. The van der Waals surface area contributed by atoms with E-state index in [2.05, 4.69) is 31.9 Å². The lowest BCUT2D eigenvalue weighted by molar-refractivity contribution is 0.513. The molecule has 2 rings (SSSR count). The van der Waals surface area contributed by atoms with Crippen molar-refractivity contribution in [3.8, 4) is 11.3 Å². The Bertz CT molecular complexity index is 776. The van der Waals surface area contributed by atoms with Crippen LogP contribution in [-0.4, -0.2) is 14.7 Å². The SMILES string of the molecule is CS(=O)(=O)c1cc(-c2ccc(Br)cc2)oc(=O)c1Br. The van der Waals surface area contributed by atoms with Gasteiger partial charge in [0, 0.05) is 22.4 Å². The third-order valence-electron chi connectivity index (χ3n) is 2.39. The van der Waals surface area contributed by atoms with Crippen LogP contribution in [0.4, 0.5) is 0 Å². The molecule has 100 valence electrons. The highest BCUT2D eigenvalue weighted by molar-refractivity contribution is 9.10. The van der Waals surface area contributed by atoms with E-state index in [1.165, 1.54) is 6.07 Å². The van der Waals surface area contributed by atoms with Gasteiger partial charge in [-0.2, -0.15) is 0 Å². The molecule has 1 heterocycles. The lowest BCUT2D eigenvalue weighted by atomic mass is 10.2. The Hall–Kier alpha value is -0.920. The number of halogens is 2. The molecule has 0 bridgehead atoms. The van der Waals surface area contributed by atoms with E-state index < -0.39 is 15.5 Å². The van der Waals surface area contributed by atoms with Crippen LogP contribution in [0.25, 0.3) is 11.3 Å². The molecule has 0 aliphatic carbocycles. The van der Waals surface area contributed by atoms with Crippen molar-refractivity contribution in [2.45, 2.75) is 4.90 Å². The minimum Gasteiger partial charge on any atom is -0.422 e. The van der Waals surface area contributed by atoms with E-state index in [-0.39, 0.29) is 15.1 Å². The third kappa shape index (κ3) is 3.16. The van der Waals surface area contributed by atoms with Gasteiger partial charge in [0.25, 0.3) is 0 Å². The first-order valence-corrected chi connectivity index (χ1v) is 8.56. The summed E-state index contributed by atoms with van der Waals surface area (Å²) >= 11 is 6.24. The van der Waals surface area contributed by atoms with E-state index in [0.29, 0.717) is 5.56 Å². The number of rotatable bonds is 2. The van der Waals surface area contributed by atoms with E-state index in [0.717, 1.165) is 10.7 Å². The van der Waals surface area contributed by atoms with Gasteiger partial charge in [-0.1, -0.05) is 28.1 Å². The predicted molar refractivity (Wildman–Crippen MR) is 78.9 cm³/mol. The van der Waals surface area contributed by atoms with Gasteiger partial charge in [0.1, 0.15) is 10.2 Å². The molecule has 0 radical (unpaired) electrons. The standard InChI is InChI=1S/C12H8Br2O4S/c1-19(16,17)10-6-9(18-12(15)11(10)14)7-2-4-8(13)5-3-7/h2-6H,1H3. The van der Waals surface area contributed by atoms with E-state index in [1.807, 2.05) is 0 Å². The maximum atomic E-state index is 11.7. The highest BCUT2D eigenvalue weighted by Crippen LogP contribution is 2.26. The van der Waals surface area contributed by atoms with Crippen molar-refractivity contribution >= 4 is 41.7 Å². The van der Waals surface area contributed by atoms with Crippen LogP contribution in [0.3, 0.4) is 0 Å². The zero-order valence-electron chi connectivity index (χ0n) is 9.68. The molecule has 2 aromatic rings. The van der Waals surface area contributed by atoms with E-state index in [4.69, 9.17) is 4.42 Å². The number of hydrogen-bond donors (Lipinski definition) is 0. The zero-order valence-corrected chi connectivity index (χ0v) is 13.7. The van der Waals surface area contributed by atoms with E-state index >= 15 is 0 Å². The van der Waals surface area contributed by atoms with Gasteiger partial charge in [-0.05, 0) is 28.1 Å². The van der Waals surface area contributed by atoms with Gasteiger partial charge >= 0.3 is 5.63 Å². The minimum atomic E-state index is -3.51. The van der Waals surface area contributed by atoms with Crippen LogP contribution in [0.2, 0.25) is 0 Å². The van der Waals surface area contributed by atoms with Gasteiger partial charge in [-0.3, -0.25) is 0 Å². The normalized spacial score (nSPS) is 11.5. The summed E-state index contributed by atoms with van der Waals surface area (Å²) in [6.45, 7) is 0. The Morgan fingerprint density at radius 3 is 2.21 bits per heavy atom. The molecule has 0 fully saturated rings. The molecule has 0 unspecified atom stereocenters. The molecule has 0 atom stereocenters. The summed E-state index contributed by atoms with van der Waals surface area (Å²) in [5, 5.41) is 0. The van der Waals surface area contributed by atoms with Gasteiger partial charge in [-0.25, -0.2) is 13.2 Å². The first kappa shape index (κ1) is 14.5. The summed E-state index contributed by atoms with van der Waals surface area (Å²) in [4.78, 5) is 11.6. The van der Waals surface area contributed by atoms with Crippen LogP contribution in [-0.2, 0) is 9.84 Å². The molecule has 0 aliphatic rings. The average Bonchev–Trinajstić information content (AvgIpc) is 2.32. The molecule has 1 aromatic carbocycles. The van der Waals surface area contributed by atoms with Gasteiger partial charge in [-0.15, -0.1) is 0 Å². The van der Waals surface area contributed by atoms with Crippen molar-refractivity contribution in [1.82, 2.24) is 0 Å². The first-order valence-electron chi connectivity index (χ1n) is 5.08. The zero-order chi connectivity index (χ0) is 14.2. The maximum Gasteiger partial charge on any atom is 0.352 e. The Labute approximate surface area is 126 Å². The van der Waals surface area contributed by atoms with Crippen LogP contribution in [0.15, 0.2) is 53.4 Å². The Morgan fingerprint density at radius 1 is 1.11 bits per heavy atom. The van der Waals surface area contributed by atoms with Crippen LogP contribution in [0.5, 0.6) is 0 Å². The lowest BCUT2D eigenvalue weighted by Crippen LogP contribution is -2.08. The summed E-state index contributed by atoms with van der Waals surface area (Å²) < 4.78 is 29.1. The second-order valence-corrected chi connectivity index (χ2v) is 7.55. The van der Waals surface area contributed by atoms with E-state index in [9.17, 15) is 13.2 Å². The van der Waals surface area contributed by atoms with Gasteiger partial charge in [0.15, 0.2) is 9.84 Å². The second kappa shape index (κ2) is 5.22. The second-order valence-electron chi connectivity index (χ2n) is 3.86. The fraction of sp³-hybridized carbons (Fsp3) is 0.0833. The Balaban J connectivity index is 2.70. The fourth-order valence-electron chi connectivity index (χ4n) is 1.48. The molecule has 0 saturated carbocycles. The summed E-state index contributed by atoms with van der Waals surface area (Å²) in [5.41, 5.74) is -0.0986. The summed E-state index contributed by atoms with van der Waals surface area (Å²) in [7, 11) is -3.51. The van der Waals surface area contributed by atoms with Gasteiger partial charge in [0.2, 0.25) is 0 Å². The van der Waals surface area contributed by atoms with Crippen molar-refractivity contribution in [1.29, 1.82) is 0 Å². The van der Waals surface area contributed by atoms with Gasteiger partial charge < -0.3 is 4.42 Å².